The summed E-state index contributed by atoms with van der Waals surface area (Å²) < 4.78 is 6.62. The molecule has 0 aliphatic carbocycles. The predicted molar refractivity (Wildman–Crippen MR) is 81.5 cm³/mol. The Morgan fingerprint density at radius 2 is 1.67 bits per heavy atom. The number of cyclic esters (lactones) is 1. The molecule has 1 fully saturated rings. The SMILES string of the molecule is O=C1C[C@@H](O)[C@H]([C@@H]([Se]c2ccccc2)c2ccccc2)O1. The van der Waals surface area contributed by atoms with Gasteiger partial charge in [-0.05, 0) is 0 Å². The fraction of sp³-hybridized carbons (Fsp3) is 0.235. The molecule has 0 bridgehead atoms. The van der Waals surface area contributed by atoms with E-state index in [9.17, 15) is 9.90 Å². The van der Waals surface area contributed by atoms with Crippen LogP contribution in [0.3, 0.4) is 0 Å². The number of esters is 1. The first-order valence-corrected chi connectivity index (χ1v) is 8.73. The van der Waals surface area contributed by atoms with Gasteiger partial charge < -0.3 is 0 Å². The number of aliphatic hydroxyl groups excluding tert-OH is 1. The van der Waals surface area contributed by atoms with Gasteiger partial charge in [0.15, 0.2) is 0 Å². The first-order chi connectivity index (χ1) is 10.2. The van der Waals surface area contributed by atoms with Crippen LogP contribution in [0.4, 0.5) is 0 Å². The Morgan fingerprint density at radius 1 is 1.05 bits per heavy atom. The summed E-state index contributed by atoms with van der Waals surface area (Å²) in [5.74, 6) is -0.308. The molecule has 108 valence electrons. The van der Waals surface area contributed by atoms with E-state index in [0.717, 1.165) is 5.56 Å². The summed E-state index contributed by atoms with van der Waals surface area (Å²) in [6.45, 7) is 0. The van der Waals surface area contributed by atoms with Crippen LogP contribution in [0.5, 0.6) is 0 Å². The van der Waals surface area contributed by atoms with Crippen LogP contribution in [0.1, 0.15) is 16.8 Å². The molecule has 0 unspecified atom stereocenters. The number of hydrogen-bond acceptors (Lipinski definition) is 3. The van der Waals surface area contributed by atoms with Crippen LogP contribution in [-0.2, 0) is 9.53 Å². The molecule has 1 N–H and O–H groups in total. The Kier molecular flexibility index (Phi) is 4.39. The standard InChI is InChI=1S/C17H16O3Se/c18-14-11-15(19)20-16(14)17(12-7-3-1-4-8-12)21-13-9-5-2-6-10-13/h1-10,14,16-18H,11H2/t14-,16-,17+/m1/s1. The van der Waals surface area contributed by atoms with E-state index >= 15 is 0 Å². The Bertz CT molecular complexity index is 600. The molecule has 2 aromatic carbocycles. The van der Waals surface area contributed by atoms with E-state index in [1.807, 2.05) is 48.5 Å². The van der Waals surface area contributed by atoms with Crippen LogP contribution >= 0.6 is 0 Å². The summed E-state index contributed by atoms with van der Waals surface area (Å²) in [6.07, 6.45) is -1.06. The van der Waals surface area contributed by atoms with Crippen molar-refractivity contribution >= 4 is 25.4 Å². The quantitative estimate of drug-likeness (QED) is 0.672. The molecule has 0 aromatic heterocycles. The van der Waals surface area contributed by atoms with Crippen LogP contribution in [0.2, 0.25) is 0 Å². The zero-order valence-electron chi connectivity index (χ0n) is 11.4. The number of benzene rings is 2. The van der Waals surface area contributed by atoms with Gasteiger partial charge in [-0.2, -0.15) is 0 Å². The van der Waals surface area contributed by atoms with Gasteiger partial charge in [0.1, 0.15) is 0 Å². The van der Waals surface area contributed by atoms with Gasteiger partial charge in [0.05, 0.1) is 0 Å². The van der Waals surface area contributed by atoms with Crippen molar-refractivity contribution in [3.05, 3.63) is 66.2 Å². The zero-order chi connectivity index (χ0) is 14.7. The first kappa shape index (κ1) is 14.3. The van der Waals surface area contributed by atoms with E-state index in [0.29, 0.717) is 0 Å². The first-order valence-electron chi connectivity index (χ1n) is 6.88. The summed E-state index contributed by atoms with van der Waals surface area (Å²) in [5.41, 5.74) is 1.11. The van der Waals surface area contributed by atoms with E-state index in [1.54, 1.807) is 0 Å². The molecule has 1 heterocycles. The fourth-order valence-electron chi connectivity index (χ4n) is 2.44. The third kappa shape index (κ3) is 3.35. The zero-order valence-corrected chi connectivity index (χ0v) is 13.1. The van der Waals surface area contributed by atoms with Gasteiger partial charge in [-0.25, -0.2) is 0 Å². The van der Waals surface area contributed by atoms with Crippen molar-refractivity contribution in [3.63, 3.8) is 0 Å². The summed E-state index contributed by atoms with van der Waals surface area (Å²) >= 11 is 0.0822. The predicted octanol–water partition coefficient (Wildman–Crippen LogP) is 1.43. The average molecular weight is 347 g/mol. The molecule has 21 heavy (non-hydrogen) atoms. The number of ether oxygens (including phenoxy) is 1. The van der Waals surface area contributed by atoms with Crippen molar-refractivity contribution in [2.45, 2.75) is 23.4 Å². The van der Waals surface area contributed by atoms with E-state index in [-0.39, 0.29) is 32.2 Å². The van der Waals surface area contributed by atoms with Gasteiger partial charge in [0.2, 0.25) is 0 Å². The number of hydrogen-bond donors (Lipinski definition) is 1. The molecule has 1 aliphatic rings. The van der Waals surface area contributed by atoms with E-state index in [2.05, 4.69) is 12.1 Å². The third-order valence-corrected chi connectivity index (χ3v) is 6.26. The Morgan fingerprint density at radius 3 is 2.24 bits per heavy atom. The average Bonchev–Trinajstić information content (AvgIpc) is 2.85. The molecule has 3 rings (SSSR count). The summed E-state index contributed by atoms with van der Waals surface area (Å²) in [7, 11) is 0. The normalized spacial score (nSPS) is 22.8. The second kappa shape index (κ2) is 6.44. The summed E-state index contributed by atoms with van der Waals surface area (Å²) in [6, 6.07) is 20.2. The second-order valence-electron chi connectivity index (χ2n) is 4.99. The maximum atomic E-state index is 11.5. The van der Waals surface area contributed by atoms with Gasteiger partial charge >= 0.3 is 130 Å². The molecule has 1 saturated heterocycles. The molecule has 0 radical (unpaired) electrons. The van der Waals surface area contributed by atoms with E-state index < -0.39 is 12.2 Å². The van der Waals surface area contributed by atoms with Crippen molar-refractivity contribution in [3.8, 4) is 0 Å². The molecule has 1 aliphatic heterocycles. The van der Waals surface area contributed by atoms with Gasteiger partial charge in [0.25, 0.3) is 0 Å². The van der Waals surface area contributed by atoms with Crippen molar-refractivity contribution in [1.29, 1.82) is 0 Å². The van der Waals surface area contributed by atoms with Gasteiger partial charge in [0, 0.05) is 0 Å². The number of carbonyl (C=O) groups is 1. The number of aliphatic hydroxyl groups is 1. The molecule has 2 aromatic rings. The van der Waals surface area contributed by atoms with Crippen molar-refractivity contribution in [2.24, 2.45) is 0 Å². The third-order valence-electron chi connectivity index (χ3n) is 3.46. The molecule has 0 saturated carbocycles. The van der Waals surface area contributed by atoms with Gasteiger partial charge in [-0.15, -0.1) is 0 Å². The van der Waals surface area contributed by atoms with Gasteiger partial charge in [-0.3, -0.25) is 0 Å². The van der Waals surface area contributed by atoms with Crippen molar-refractivity contribution in [1.82, 2.24) is 0 Å². The minimum atomic E-state index is -0.715. The van der Waals surface area contributed by atoms with Crippen molar-refractivity contribution in [2.75, 3.05) is 0 Å². The van der Waals surface area contributed by atoms with Crippen LogP contribution in [0, 0.1) is 0 Å². The van der Waals surface area contributed by atoms with Gasteiger partial charge in [-0.1, -0.05) is 0 Å². The van der Waals surface area contributed by atoms with E-state index in [4.69, 9.17) is 4.74 Å². The minimum absolute atomic E-state index is 0.0301. The Labute approximate surface area is 130 Å². The molecular weight excluding hydrogens is 331 g/mol. The molecule has 3 nitrogen and oxygen atoms in total. The van der Waals surface area contributed by atoms with Crippen LogP contribution in [-0.4, -0.2) is 38.2 Å². The van der Waals surface area contributed by atoms with Crippen molar-refractivity contribution < 1.29 is 14.6 Å². The monoisotopic (exact) mass is 348 g/mol. The molecule has 4 heteroatoms. The Balaban J connectivity index is 1.90. The number of carbonyl (C=O) groups excluding carboxylic acids is 1. The second-order valence-corrected chi connectivity index (χ2v) is 7.54. The molecule has 3 atom stereocenters. The van der Waals surface area contributed by atoms with Crippen LogP contribution < -0.4 is 4.46 Å². The molecule has 0 amide bonds. The molecule has 0 spiro atoms. The summed E-state index contributed by atoms with van der Waals surface area (Å²) in [4.78, 5) is 11.5. The Hall–Kier alpha value is -1.61. The topological polar surface area (TPSA) is 46.5 Å². The maximum absolute atomic E-state index is 11.5. The number of rotatable bonds is 4. The molecular formula is C17H16O3Se. The van der Waals surface area contributed by atoms with Crippen LogP contribution in [0.15, 0.2) is 60.7 Å². The summed E-state index contributed by atoms with van der Waals surface area (Å²) in [5, 5.41) is 10.1. The van der Waals surface area contributed by atoms with Crippen LogP contribution in [0.25, 0.3) is 0 Å². The van der Waals surface area contributed by atoms with E-state index in [1.165, 1.54) is 4.46 Å². The fourth-order valence-corrected chi connectivity index (χ4v) is 5.11.